The molecule has 0 bridgehead atoms. The molecule has 0 heterocycles. The number of rotatable bonds is 6. The Morgan fingerprint density at radius 1 is 1.10 bits per heavy atom. The highest BCUT2D eigenvalue weighted by Gasteiger charge is 2.15. The summed E-state index contributed by atoms with van der Waals surface area (Å²) in [5.41, 5.74) is 9.95. The van der Waals surface area contributed by atoms with Crippen molar-refractivity contribution in [3.05, 3.63) is 69.7 Å². The van der Waals surface area contributed by atoms with Gasteiger partial charge in [0.1, 0.15) is 0 Å². The number of nitrogens with zero attached hydrogens (tertiary/aromatic N) is 1. The lowest BCUT2D eigenvalue weighted by Crippen LogP contribution is -2.30. The number of nitrogens with two attached hydrogens (primary N) is 1. The molecule has 112 valence electrons. The normalized spacial score (nSPS) is 12.6. The summed E-state index contributed by atoms with van der Waals surface area (Å²) >= 11 is 3.52. The fourth-order valence-corrected chi connectivity index (χ4v) is 3.03. The molecule has 1 atom stereocenters. The third-order valence-corrected chi connectivity index (χ3v) is 4.34. The molecule has 2 aromatic rings. The van der Waals surface area contributed by atoms with Crippen molar-refractivity contribution in [2.75, 3.05) is 13.6 Å². The maximum Gasteiger partial charge on any atom is 0.0470 e. The van der Waals surface area contributed by atoms with E-state index < -0.39 is 0 Å². The summed E-state index contributed by atoms with van der Waals surface area (Å²) in [5.74, 6) is 0. The Kier molecular flexibility index (Phi) is 5.97. The van der Waals surface area contributed by atoms with Crippen LogP contribution in [0.25, 0.3) is 0 Å². The van der Waals surface area contributed by atoms with Crippen molar-refractivity contribution in [2.45, 2.75) is 25.9 Å². The van der Waals surface area contributed by atoms with Crippen LogP contribution in [0.2, 0.25) is 0 Å². The van der Waals surface area contributed by atoms with Gasteiger partial charge in [-0.25, -0.2) is 0 Å². The average Bonchev–Trinajstić information content (AvgIpc) is 2.48. The Balaban J connectivity index is 2.12. The molecule has 0 amide bonds. The van der Waals surface area contributed by atoms with Gasteiger partial charge >= 0.3 is 0 Å². The molecule has 2 N–H and O–H groups in total. The number of aryl methyl sites for hydroxylation is 1. The zero-order valence-corrected chi connectivity index (χ0v) is 14.3. The molecule has 0 saturated heterocycles. The Bertz CT molecular complexity index is 566. The minimum absolute atomic E-state index is 0.245. The van der Waals surface area contributed by atoms with E-state index in [-0.39, 0.29) is 6.04 Å². The maximum absolute atomic E-state index is 6.01. The van der Waals surface area contributed by atoms with Gasteiger partial charge in [-0.15, -0.1) is 0 Å². The summed E-state index contributed by atoms with van der Waals surface area (Å²) in [5, 5.41) is 0. The van der Waals surface area contributed by atoms with Crippen LogP contribution in [0.3, 0.4) is 0 Å². The fraction of sp³-hybridized carbons (Fsp3) is 0.333. The van der Waals surface area contributed by atoms with E-state index in [0.717, 1.165) is 17.4 Å². The van der Waals surface area contributed by atoms with Crippen LogP contribution < -0.4 is 5.73 Å². The van der Waals surface area contributed by atoms with Crippen molar-refractivity contribution in [3.8, 4) is 0 Å². The van der Waals surface area contributed by atoms with Crippen LogP contribution in [0.4, 0.5) is 0 Å². The van der Waals surface area contributed by atoms with E-state index >= 15 is 0 Å². The summed E-state index contributed by atoms with van der Waals surface area (Å²) in [6.45, 7) is 3.68. The van der Waals surface area contributed by atoms with E-state index in [1.807, 2.05) is 6.07 Å². The smallest absolute Gasteiger partial charge is 0.0470 e. The summed E-state index contributed by atoms with van der Waals surface area (Å²) in [6, 6.07) is 17.5. The third kappa shape index (κ3) is 4.40. The quantitative estimate of drug-likeness (QED) is 0.851. The van der Waals surface area contributed by atoms with E-state index in [9.17, 15) is 0 Å². The van der Waals surface area contributed by atoms with Gasteiger partial charge in [-0.3, -0.25) is 4.90 Å². The molecule has 0 radical (unpaired) electrons. The Morgan fingerprint density at radius 3 is 2.38 bits per heavy atom. The highest BCUT2D eigenvalue weighted by atomic mass is 79.9. The predicted octanol–water partition coefficient (Wildman–Crippen LogP) is 4.14. The maximum atomic E-state index is 6.01. The lowest BCUT2D eigenvalue weighted by atomic mass is 10.0. The third-order valence-electron chi connectivity index (χ3n) is 3.85. The van der Waals surface area contributed by atoms with Crippen LogP contribution in [-0.2, 0) is 13.0 Å². The second-order valence-corrected chi connectivity index (χ2v) is 6.31. The molecule has 21 heavy (non-hydrogen) atoms. The van der Waals surface area contributed by atoms with Gasteiger partial charge in [0.25, 0.3) is 0 Å². The SMILES string of the molecule is CCc1ccc(C(CN)N(C)Cc2cccc(Br)c2)cc1. The highest BCUT2D eigenvalue weighted by molar-refractivity contribution is 9.10. The largest absolute Gasteiger partial charge is 0.329 e. The Morgan fingerprint density at radius 2 is 1.81 bits per heavy atom. The summed E-state index contributed by atoms with van der Waals surface area (Å²) in [7, 11) is 2.13. The van der Waals surface area contributed by atoms with Crippen LogP contribution in [0.5, 0.6) is 0 Å². The van der Waals surface area contributed by atoms with Crippen molar-refractivity contribution in [2.24, 2.45) is 5.73 Å². The molecule has 0 aliphatic rings. The van der Waals surface area contributed by atoms with Gasteiger partial charge in [-0.2, -0.15) is 0 Å². The van der Waals surface area contributed by atoms with Crippen LogP contribution in [0.1, 0.15) is 29.7 Å². The molecule has 0 aliphatic heterocycles. The number of hydrogen-bond donors (Lipinski definition) is 1. The summed E-state index contributed by atoms with van der Waals surface area (Å²) in [4.78, 5) is 2.31. The minimum Gasteiger partial charge on any atom is -0.329 e. The highest BCUT2D eigenvalue weighted by Crippen LogP contribution is 2.22. The van der Waals surface area contributed by atoms with E-state index in [1.54, 1.807) is 0 Å². The first-order chi connectivity index (χ1) is 10.1. The lowest BCUT2D eigenvalue weighted by Gasteiger charge is -2.27. The monoisotopic (exact) mass is 346 g/mol. The fourth-order valence-electron chi connectivity index (χ4n) is 2.58. The first kappa shape index (κ1) is 16.2. The lowest BCUT2D eigenvalue weighted by molar-refractivity contribution is 0.242. The van der Waals surface area contributed by atoms with E-state index in [1.165, 1.54) is 16.7 Å². The molecule has 0 aromatic heterocycles. The average molecular weight is 347 g/mol. The first-order valence-electron chi connectivity index (χ1n) is 7.37. The zero-order chi connectivity index (χ0) is 15.2. The number of hydrogen-bond acceptors (Lipinski definition) is 2. The first-order valence-corrected chi connectivity index (χ1v) is 8.17. The zero-order valence-electron chi connectivity index (χ0n) is 12.7. The Hall–Kier alpha value is -1.16. The van der Waals surface area contributed by atoms with E-state index in [2.05, 4.69) is 77.3 Å². The predicted molar refractivity (Wildman–Crippen MR) is 93.2 cm³/mol. The van der Waals surface area contributed by atoms with Gasteiger partial charge < -0.3 is 5.73 Å². The molecule has 2 nitrogen and oxygen atoms in total. The number of halogens is 1. The van der Waals surface area contributed by atoms with Gasteiger partial charge in [-0.05, 0) is 42.3 Å². The van der Waals surface area contributed by atoms with Crippen molar-refractivity contribution < 1.29 is 0 Å². The van der Waals surface area contributed by atoms with E-state index in [4.69, 9.17) is 5.73 Å². The van der Waals surface area contributed by atoms with Gasteiger partial charge in [0, 0.05) is 23.6 Å². The van der Waals surface area contributed by atoms with Crippen LogP contribution in [0.15, 0.2) is 53.0 Å². The molecule has 1 unspecified atom stereocenters. The van der Waals surface area contributed by atoms with Crippen molar-refractivity contribution in [1.29, 1.82) is 0 Å². The van der Waals surface area contributed by atoms with Gasteiger partial charge in [-0.1, -0.05) is 59.3 Å². The molecule has 2 rings (SSSR count). The molecular weight excluding hydrogens is 324 g/mol. The van der Waals surface area contributed by atoms with Crippen molar-refractivity contribution in [3.63, 3.8) is 0 Å². The molecule has 0 saturated carbocycles. The molecule has 3 heteroatoms. The second kappa shape index (κ2) is 7.74. The minimum atomic E-state index is 0.245. The van der Waals surface area contributed by atoms with Crippen LogP contribution in [-0.4, -0.2) is 18.5 Å². The molecular formula is C18H23BrN2. The Labute approximate surface area is 136 Å². The summed E-state index contributed by atoms with van der Waals surface area (Å²) in [6.07, 6.45) is 1.07. The standard InChI is InChI=1S/C18H23BrN2/c1-3-14-7-9-16(10-8-14)18(12-20)21(2)13-15-5-4-6-17(19)11-15/h4-11,18H,3,12-13,20H2,1-2H3. The molecule has 0 spiro atoms. The number of benzene rings is 2. The van der Waals surface area contributed by atoms with Crippen molar-refractivity contribution in [1.82, 2.24) is 4.90 Å². The van der Waals surface area contributed by atoms with Gasteiger partial charge in [0.05, 0.1) is 0 Å². The second-order valence-electron chi connectivity index (χ2n) is 5.39. The van der Waals surface area contributed by atoms with Gasteiger partial charge in [0.2, 0.25) is 0 Å². The topological polar surface area (TPSA) is 29.3 Å². The molecule has 0 aliphatic carbocycles. The molecule has 2 aromatic carbocycles. The van der Waals surface area contributed by atoms with Crippen LogP contribution >= 0.6 is 15.9 Å². The number of likely N-dealkylation sites (N-methyl/N-ethyl adjacent to an activating group) is 1. The van der Waals surface area contributed by atoms with Gasteiger partial charge in [0.15, 0.2) is 0 Å². The van der Waals surface area contributed by atoms with Crippen LogP contribution in [0, 0.1) is 0 Å². The summed E-state index contributed by atoms with van der Waals surface area (Å²) < 4.78 is 1.12. The van der Waals surface area contributed by atoms with Crippen molar-refractivity contribution >= 4 is 15.9 Å². The molecule has 0 fully saturated rings. The van der Waals surface area contributed by atoms with E-state index in [0.29, 0.717) is 6.54 Å².